The largest absolute Gasteiger partial charge is 0.415 e. The van der Waals surface area contributed by atoms with Crippen LogP contribution < -0.4 is 4.90 Å². The molecule has 3 heterocycles. The zero-order valence-corrected chi connectivity index (χ0v) is 15.8. The number of aromatic nitrogens is 4. The van der Waals surface area contributed by atoms with Crippen molar-refractivity contribution in [2.75, 3.05) is 4.90 Å². The molecule has 9 heteroatoms. The van der Waals surface area contributed by atoms with E-state index in [2.05, 4.69) is 15.3 Å². The molecule has 0 bridgehead atoms. The van der Waals surface area contributed by atoms with Gasteiger partial charge in [0.15, 0.2) is 0 Å². The molecule has 2 aromatic carbocycles. The molecule has 0 radical (unpaired) electrons. The molecule has 0 saturated heterocycles. The predicted molar refractivity (Wildman–Crippen MR) is 104 cm³/mol. The SMILES string of the molecule is Cn1cc(-c2ccccc2N2Cc3ccc(-c4nnc(C(F)F)o4)cc3C2=O)cn1. The van der Waals surface area contributed by atoms with Gasteiger partial charge in [-0.3, -0.25) is 9.48 Å². The Bertz CT molecular complexity index is 1260. The first kappa shape index (κ1) is 18.2. The number of carbonyl (C=O) groups is 1. The minimum absolute atomic E-state index is 0.0462. The molecule has 0 N–H and O–H groups in total. The van der Waals surface area contributed by atoms with E-state index < -0.39 is 12.3 Å². The van der Waals surface area contributed by atoms with E-state index >= 15 is 0 Å². The Kier molecular flexibility index (Phi) is 4.16. The summed E-state index contributed by atoms with van der Waals surface area (Å²) in [6.07, 6.45) is 0.795. The number of anilines is 1. The van der Waals surface area contributed by atoms with Gasteiger partial charge in [-0.1, -0.05) is 24.3 Å². The van der Waals surface area contributed by atoms with Gasteiger partial charge >= 0.3 is 6.43 Å². The van der Waals surface area contributed by atoms with Crippen molar-refractivity contribution in [1.29, 1.82) is 0 Å². The molecule has 7 nitrogen and oxygen atoms in total. The van der Waals surface area contributed by atoms with Gasteiger partial charge in [0.1, 0.15) is 0 Å². The summed E-state index contributed by atoms with van der Waals surface area (Å²) in [4.78, 5) is 14.9. The molecule has 0 fully saturated rings. The summed E-state index contributed by atoms with van der Waals surface area (Å²) in [5, 5.41) is 11.2. The lowest BCUT2D eigenvalue weighted by Gasteiger charge is -2.19. The molecule has 0 spiro atoms. The minimum atomic E-state index is -2.85. The van der Waals surface area contributed by atoms with E-state index in [1.54, 1.807) is 34.0 Å². The molecule has 0 atom stereocenters. The number of para-hydroxylation sites is 1. The molecule has 150 valence electrons. The Labute approximate surface area is 169 Å². The summed E-state index contributed by atoms with van der Waals surface area (Å²) in [6, 6.07) is 12.7. The lowest BCUT2D eigenvalue weighted by molar-refractivity contribution is 0.0996. The molecular weight excluding hydrogens is 392 g/mol. The van der Waals surface area contributed by atoms with Crippen molar-refractivity contribution in [3.8, 4) is 22.6 Å². The Balaban J connectivity index is 1.51. The molecule has 5 rings (SSSR count). The second-order valence-corrected chi connectivity index (χ2v) is 6.93. The number of fused-ring (bicyclic) bond motifs is 1. The maximum absolute atomic E-state index is 13.2. The first-order chi connectivity index (χ1) is 14.5. The van der Waals surface area contributed by atoms with Crippen LogP contribution >= 0.6 is 0 Å². The number of aryl methyl sites for hydroxylation is 1. The first-order valence-electron chi connectivity index (χ1n) is 9.16. The number of hydrogen-bond acceptors (Lipinski definition) is 5. The third-order valence-electron chi connectivity index (χ3n) is 5.00. The molecule has 0 unspecified atom stereocenters. The lowest BCUT2D eigenvalue weighted by atomic mass is 10.1. The summed E-state index contributed by atoms with van der Waals surface area (Å²) >= 11 is 0. The third kappa shape index (κ3) is 2.95. The van der Waals surface area contributed by atoms with E-state index in [9.17, 15) is 13.6 Å². The average Bonchev–Trinajstić information content (AvgIpc) is 3.47. The average molecular weight is 407 g/mol. The summed E-state index contributed by atoms with van der Waals surface area (Å²) in [5.74, 6) is -0.976. The Morgan fingerprint density at radius 1 is 1.07 bits per heavy atom. The summed E-state index contributed by atoms with van der Waals surface area (Å²) in [7, 11) is 1.83. The number of benzene rings is 2. The highest BCUT2D eigenvalue weighted by molar-refractivity contribution is 6.12. The van der Waals surface area contributed by atoms with Gasteiger partial charge in [-0.25, -0.2) is 0 Å². The van der Waals surface area contributed by atoms with Crippen LogP contribution in [0.15, 0.2) is 59.3 Å². The highest BCUT2D eigenvalue weighted by Gasteiger charge is 2.31. The third-order valence-corrected chi connectivity index (χ3v) is 5.00. The topological polar surface area (TPSA) is 77.0 Å². The zero-order chi connectivity index (χ0) is 20.8. The molecule has 1 amide bonds. The smallest absolute Gasteiger partial charge is 0.314 e. The van der Waals surface area contributed by atoms with Crippen molar-refractivity contribution in [2.45, 2.75) is 13.0 Å². The van der Waals surface area contributed by atoms with Gasteiger partial charge in [0.2, 0.25) is 5.89 Å². The fourth-order valence-corrected chi connectivity index (χ4v) is 3.58. The number of hydrogen-bond donors (Lipinski definition) is 0. The van der Waals surface area contributed by atoms with E-state index in [0.717, 1.165) is 22.4 Å². The van der Waals surface area contributed by atoms with Crippen LogP contribution in [-0.2, 0) is 13.6 Å². The second kappa shape index (κ2) is 6.87. The quantitative estimate of drug-likeness (QED) is 0.506. The maximum Gasteiger partial charge on any atom is 0.314 e. The normalized spacial score (nSPS) is 13.3. The highest BCUT2D eigenvalue weighted by atomic mass is 19.3. The number of amides is 1. The van der Waals surface area contributed by atoms with Gasteiger partial charge in [-0.2, -0.15) is 13.9 Å². The van der Waals surface area contributed by atoms with Crippen molar-refractivity contribution in [3.05, 3.63) is 71.9 Å². The van der Waals surface area contributed by atoms with Crippen LogP contribution in [0.2, 0.25) is 0 Å². The Hall–Kier alpha value is -3.88. The molecule has 30 heavy (non-hydrogen) atoms. The van der Waals surface area contributed by atoms with Gasteiger partial charge in [-0.15, -0.1) is 10.2 Å². The molecule has 2 aromatic heterocycles. The zero-order valence-electron chi connectivity index (χ0n) is 15.8. The van der Waals surface area contributed by atoms with Gasteiger partial charge < -0.3 is 9.32 Å². The van der Waals surface area contributed by atoms with Gasteiger partial charge in [-0.05, 0) is 23.8 Å². The summed E-state index contributed by atoms with van der Waals surface area (Å²) in [6.45, 7) is 0.401. The maximum atomic E-state index is 13.2. The van der Waals surface area contributed by atoms with Crippen LogP contribution in [0.4, 0.5) is 14.5 Å². The molecule has 4 aromatic rings. The van der Waals surface area contributed by atoms with Crippen molar-refractivity contribution >= 4 is 11.6 Å². The van der Waals surface area contributed by atoms with Crippen LogP contribution in [0, 0.1) is 0 Å². The fraction of sp³-hybridized carbons (Fsp3) is 0.143. The highest BCUT2D eigenvalue weighted by Crippen LogP contribution is 2.37. The number of halogens is 2. The van der Waals surface area contributed by atoms with Crippen LogP contribution in [-0.4, -0.2) is 25.9 Å². The van der Waals surface area contributed by atoms with Crippen molar-refractivity contribution in [2.24, 2.45) is 7.05 Å². The molecular formula is C21H15F2N5O2. The number of rotatable bonds is 4. The van der Waals surface area contributed by atoms with Crippen LogP contribution in [0.5, 0.6) is 0 Å². The van der Waals surface area contributed by atoms with E-state index in [-0.39, 0.29) is 11.8 Å². The lowest BCUT2D eigenvalue weighted by Crippen LogP contribution is -2.23. The number of carbonyl (C=O) groups excluding carboxylic acids is 1. The predicted octanol–water partition coefficient (Wildman–Crippen LogP) is 4.24. The molecule has 0 saturated carbocycles. The molecule has 1 aliphatic rings. The Morgan fingerprint density at radius 3 is 2.63 bits per heavy atom. The minimum Gasteiger partial charge on any atom is -0.415 e. The number of nitrogens with zero attached hydrogens (tertiary/aromatic N) is 5. The van der Waals surface area contributed by atoms with E-state index in [0.29, 0.717) is 17.7 Å². The Morgan fingerprint density at radius 2 is 1.90 bits per heavy atom. The fourth-order valence-electron chi connectivity index (χ4n) is 3.58. The number of alkyl halides is 2. The van der Waals surface area contributed by atoms with Crippen LogP contribution in [0.1, 0.15) is 28.2 Å². The van der Waals surface area contributed by atoms with Crippen LogP contribution in [0.25, 0.3) is 22.6 Å². The van der Waals surface area contributed by atoms with Crippen molar-refractivity contribution < 1.29 is 18.0 Å². The van der Waals surface area contributed by atoms with E-state index in [1.165, 1.54) is 0 Å². The second-order valence-electron chi connectivity index (χ2n) is 6.93. The van der Waals surface area contributed by atoms with Gasteiger partial charge in [0, 0.05) is 35.5 Å². The monoisotopic (exact) mass is 407 g/mol. The van der Waals surface area contributed by atoms with Gasteiger partial charge in [0.05, 0.1) is 18.4 Å². The standard InChI is InChI=1S/C21H15F2N5O2/c1-27-10-14(9-24-27)15-4-2-3-5-17(15)28-11-13-7-6-12(8-16(13)21(28)29)19-25-26-20(30-19)18(22)23/h2-10,18H,11H2,1H3. The summed E-state index contributed by atoms with van der Waals surface area (Å²) < 4.78 is 32.2. The molecule has 1 aliphatic heterocycles. The van der Waals surface area contributed by atoms with Crippen LogP contribution in [0.3, 0.4) is 0 Å². The van der Waals surface area contributed by atoms with E-state index in [1.807, 2.05) is 37.5 Å². The van der Waals surface area contributed by atoms with Gasteiger partial charge in [0.25, 0.3) is 11.8 Å². The van der Waals surface area contributed by atoms with E-state index in [4.69, 9.17) is 4.42 Å². The molecule has 0 aliphatic carbocycles. The first-order valence-corrected chi connectivity index (χ1v) is 9.16. The van der Waals surface area contributed by atoms with Crippen molar-refractivity contribution in [1.82, 2.24) is 20.0 Å². The summed E-state index contributed by atoms with van der Waals surface area (Å²) in [5.41, 5.74) is 4.30. The van der Waals surface area contributed by atoms with Crippen molar-refractivity contribution in [3.63, 3.8) is 0 Å².